The summed E-state index contributed by atoms with van der Waals surface area (Å²) in [5.74, 6) is -4.18. The summed E-state index contributed by atoms with van der Waals surface area (Å²) in [5.41, 5.74) is 0.195. The average molecular weight is 594 g/mol. The molecule has 0 aromatic rings. The van der Waals surface area contributed by atoms with Gasteiger partial charge in [0.15, 0.2) is 0 Å². The van der Waals surface area contributed by atoms with Gasteiger partial charge < -0.3 is 20.3 Å². The van der Waals surface area contributed by atoms with E-state index in [4.69, 9.17) is 4.74 Å². The first-order valence-corrected chi connectivity index (χ1v) is 16.6. The number of unbranched alkanes of at least 4 members (excludes halogenated alkanes) is 17. The van der Waals surface area contributed by atoms with Crippen molar-refractivity contribution in [1.82, 2.24) is 5.32 Å². The van der Waals surface area contributed by atoms with Gasteiger partial charge in [0, 0.05) is 5.57 Å². The zero-order chi connectivity index (χ0) is 31.3. The Morgan fingerprint density at radius 3 is 1.69 bits per heavy atom. The zero-order valence-corrected chi connectivity index (χ0v) is 26.5. The molecule has 0 aromatic carbocycles. The molecule has 1 amide bonds. The molecule has 0 aromatic heterocycles. The molecule has 0 aliphatic heterocycles. The van der Waals surface area contributed by atoms with E-state index < -0.39 is 29.7 Å². The standard InChI is InChI=1S/C34H59NO7/c1-3-5-7-9-11-13-15-17-19-21-23-29(27-31(36)37)33(40)35-25-26-42-34(41)30(28-32(38)39)24-22-20-18-16-14-12-10-8-6-4-2/h22-24,30H,3-21,25-28H2,1-2H3,(H,35,40)(H,36,37)(H,38,39). The number of rotatable bonds is 29. The third-order valence-electron chi connectivity index (χ3n) is 7.25. The van der Waals surface area contributed by atoms with Crippen LogP contribution >= 0.6 is 0 Å². The smallest absolute Gasteiger partial charge is 0.313 e. The van der Waals surface area contributed by atoms with Gasteiger partial charge in [-0.3, -0.25) is 19.2 Å². The molecule has 0 aliphatic rings. The molecule has 0 fully saturated rings. The highest BCUT2D eigenvalue weighted by atomic mass is 16.5. The summed E-state index contributed by atoms with van der Waals surface area (Å²) < 4.78 is 5.22. The first-order valence-electron chi connectivity index (χ1n) is 16.6. The van der Waals surface area contributed by atoms with Crippen molar-refractivity contribution in [3.05, 3.63) is 23.8 Å². The third-order valence-corrected chi connectivity index (χ3v) is 7.25. The maximum atomic E-state index is 12.5. The second-order valence-electron chi connectivity index (χ2n) is 11.2. The van der Waals surface area contributed by atoms with Gasteiger partial charge in [0.25, 0.3) is 0 Å². The Kier molecular flexibility index (Phi) is 26.7. The Bertz CT molecular complexity index is 791. The van der Waals surface area contributed by atoms with Gasteiger partial charge in [-0.1, -0.05) is 128 Å². The number of carboxylic acids is 2. The van der Waals surface area contributed by atoms with Crippen LogP contribution in [0.2, 0.25) is 0 Å². The Morgan fingerprint density at radius 1 is 0.690 bits per heavy atom. The molecule has 0 saturated heterocycles. The highest BCUT2D eigenvalue weighted by Gasteiger charge is 2.20. The van der Waals surface area contributed by atoms with Gasteiger partial charge in [-0.25, -0.2) is 0 Å². The zero-order valence-electron chi connectivity index (χ0n) is 26.5. The van der Waals surface area contributed by atoms with Crippen LogP contribution in [-0.2, 0) is 23.9 Å². The Hall–Kier alpha value is -2.64. The van der Waals surface area contributed by atoms with E-state index in [2.05, 4.69) is 19.2 Å². The average Bonchev–Trinajstić information content (AvgIpc) is 2.95. The van der Waals surface area contributed by atoms with E-state index >= 15 is 0 Å². The molecule has 0 spiro atoms. The number of aliphatic carboxylic acids is 2. The molecular weight excluding hydrogens is 534 g/mol. The van der Waals surface area contributed by atoms with Crippen LogP contribution < -0.4 is 5.32 Å². The number of allylic oxidation sites excluding steroid dienone is 2. The van der Waals surface area contributed by atoms with Gasteiger partial charge in [0.1, 0.15) is 6.61 Å². The van der Waals surface area contributed by atoms with Crippen LogP contribution in [0, 0.1) is 5.92 Å². The molecule has 8 heteroatoms. The predicted octanol–water partition coefficient (Wildman–Crippen LogP) is 8.15. The molecule has 0 aliphatic carbocycles. The van der Waals surface area contributed by atoms with Crippen LogP contribution in [0.15, 0.2) is 23.8 Å². The summed E-state index contributed by atoms with van der Waals surface area (Å²) in [6.45, 7) is 4.31. The van der Waals surface area contributed by atoms with Gasteiger partial charge in [-0.2, -0.15) is 0 Å². The van der Waals surface area contributed by atoms with Crippen molar-refractivity contribution in [1.29, 1.82) is 0 Å². The molecule has 0 bridgehead atoms. The number of amides is 1. The number of carboxylic acid groups (broad SMARTS) is 2. The summed E-state index contributed by atoms with van der Waals surface area (Å²) in [5, 5.41) is 21.0. The minimum absolute atomic E-state index is 0.0152. The summed E-state index contributed by atoms with van der Waals surface area (Å²) in [7, 11) is 0. The van der Waals surface area contributed by atoms with Gasteiger partial charge in [-0.05, 0) is 25.7 Å². The fraction of sp³-hybridized carbons (Fsp3) is 0.765. The summed E-state index contributed by atoms with van der Waals surface area (Å²) >= 11 is 0. The van der Waals surface area contributed by atoms with E-state index in [-0.39, 0.29) is 31.6 Å². The highest BCUT2D eigenvalue weighted by molar-refractivity contribution is 5.97. The van der Waals surface area contributed by atoms with E-state index in [9.17, 15) is 29.4 Å². The lowest BCUT2D eigenvalue weighted by molar-refractivity contribution is -0.151. The number of carbonyl (C=O) groups is 4. The van der Waals surface area contributed by atoms with Gasteiger partial charge in [-0.15, -0.1) is 0 Å². The number of hydrogen-bond acceptors (Lipinski definition) is 5. The predicted molar refractivity (Wildman–Crippen MR) is 168 cm³/mol. The second-order valence-corrected chi connectivity index (χ2v) is 11.2. The Balaban J connectivity index is 4.41. The van der Waals surface area contributed by atoms with E-state index in [0.717, 1.165) is 38.5 Å². The first-order chi connectivity index (χ1) is 20.3. The molecule has 1 unspecified atom stereocenters. The van der Waals surface area contributed by atoms with Crippen LogP contribution in [0.5, 0.6) is 0 Å². The van der Waals surface area contributed by atoms with E-state index in [0.29, 0.717) is 6.42 Å². The highest BCUT2D eigenvalue weighted by Crippen LogP contribution is 2.14. The maximum Gasteiger partial charge on any atom is 0.313 e. The summed E-state index contributed by atoms with van der Waals surface area (Å²) in [6.07, 6.45) is 26.1. The molecule has 42 heavy (non-hydrogen) atoms. The normalized spacial score (nSPS) is 12.4. The van der Waals surface area contributed by atoms with Crippen LogP contribution in [0.1, 0.15) is 149 Å². The van der Waals surface area contributed by atoms with Crippen molar-refractivity contribution in [2.24, 2.45) is 5.92 Å². The molecule has 1 atom stereocenters. The molecule has 242 valence electrons. The van der Waals surface area contributed by atoms with Gasteiger partial charge in [0.05, 0.1) is 25.3 Å². The molecule has 0 saturated carbocycles. The van der Waals surface area contributed by atoms with E-state index in [1.807, 2.05) is 6.08 Å². The quantitative estimate of drug-likeness (QED) is 0.0345. The number of ether oxygens (including phenoxy) is 1. The lowest BCUT2D eigenvalue weighted by atomic mass is 10.0. The van der Waals surface area contributed by atoms with Crippen LogP contribution in [0.4, 0.5) is 0 Å². The van der Waals surface area contributed by atoms with Crippen molar-refractivity contribution in [3.8, 4) is 0 Å². The van der Waals surface area contributed by atoms with Crippen molar-refractivity contribution in [3.63, 3.8) is 0 Å². The number of hydrogen-bond donors (Lipinski definition) is 3. The topological polar surface area (TPSA) is 130 Å². The van der Waals surface area contributed by atoms with Crippen LogP contribution in [-0.4, -0.2) is 47.2 Å². The minimum atomic E-state index is -1.09. The van der Waals surface area contributed by atoms with Crippen molar-refractivity contribution >= 4 is 23.8 Å². The first kappa shape index (κ1) is 39.4. The fourth-order valence-electron chi connectivity index (χ4n) is 4.75. The number of esters is 1. The largest absolute Gasteiger partial charge is 0.481 e. The lowest BCUT2D eigenvalue weighted by Crippen LogP contribution is -2.31. The van der Waals surface area contributed by atoms with Crippen molar-refractivity contribution in [2.75, 3.05) is 13.2 Å². The van der Waals surface area contributed by atoms with Crippen molar-refractivity contribution in [2.45, 2.75) is 149 Å². The second kappa shape index (κ2) is 28.5. The van der Waals surface area contributed by atoms with E-state index in [1.165, 1.54) is 77.0 Å². The van der Waals surface area contributed by atoms with Crippen LogP contribution in [0.25, 0.3) is 0 Å². The number of carbonyl (C=O) groups excluding carboxylic acids is 2. The molecule has 0 heterocycles. The molecular formula is C34H59NO7. The maximum absolute atomic E-state index is 12.5. The monoisotopic (exact) mass is 593 g/mol. The van der Waals surface area contributed by atoms with Crippen LogP contribution in [0.3, 0.4) is 0 Å². The van der Waals surface area contributed by atoms with Gasteiger partial charge >= 0.3 is 17.9 Å². The molecule has 8 nitrogen and oxygen atoms in total. The van der Waals surface area contributed by atoms with Gasteiger partial charge in [0.2, 0.25) is 5.91 Å². The Labute approximate surface area is 254 Å². The SMILES string of the molecule is CCCCCCCCCCC=CC(CC(=O)O)C(=O)OCCNC(=O)C(=CCCCCCCCCCCC)CC(=O)O. The third kappa shape index (κ3) is 25.1. The molecule has 0 radical (unpaired) electrons. The Morgan fingerprint density at radius 2 is 1.19 bits per heavy atom. The fourth-order valence-corrected chi connectivity index (χ4v) is 4.75. The summed E-state index contributed by atoms with van der Waals surface area (Å²) in [4.78, 5) is 47.5. The number of nitrogens with one attached hydrogen (secondary N) is 1. The molecule has 0 rings (SSSR count). The minimum Gasteiger partial charge on any atom is -0.481 e. The summed E-state index contributed by atoms with van der Waals surface area (Å²) in [6, 6.07) is 0. The lowest BCUT2D eigenvalue weighted by Gasteiger charge is -2.12. The molecule has 3 N–H and O–H groups in total. The van der Waals surface area contributed by atoms with E-state index in [1.54, 1.807) is 12.2 Å². The van der Waals surface area contributed by atoms with Crippen molar-refractivity contribution < 1.29 is 34.1 Å².